The number of benzene rings is 1. The topological polar surface area (TPSA) is 29.1 Å². The molecule has 0 heterocycles. The van der Waals surface area contributed by atoms with Crippen LogP contribution in [0, 0.1) is 0 Å². The first kappa shape index (κ1) is 10.9. The maximum absolute atomic E-state index is 11.7. The summed E-state index contributed by atoms with van der Waals surface area (Å²) >= 11 is 0. The first-order valence-electron chi connectivity index (χ1n) is 4.99. The summed E-state index contributed by atoms with van der Waals surface area (Å²) in [6.45, 7) is 3.98. The number of rotatable bonds is 4. The molecule has 0 bridgehead atoms. The molecule has 1 N–H and O–H groups in total. The molecule has 1 atom stereocenters. The van der Waals surface area contributed by atoms with E-state index in [0.29, 0.717) is 0 Å². The molecule has 0 aliphatic carbocycles. The van der Waals surface area contributed by atoms with E-state index in [4.69, 9.17) is 0 Å². The van der Waals surface area contributed by atoms with Crippen LogP contribution in [0.1, 0.15) is 29.8 Å². The smallest absolute Gasteiger partial charge is 0.179 e. The molecule has 0 aliphatic heterocycles. The van der Waals surface area contributed by atoms with Crippen LogP contribution >= 0.6 is 0 Å². The third-order valence-electron chi connectivity index (χ3n) is 2.47. The Labute approximate surface area is 85.3 Å². The summed E-state index contributed by atoms with van der Waals surface area (Å²) in [4.78, 5) is 11.7. The van der Waals surface area contributed by atoms with E-state index in [-0.39, 0.29) is 11.8 Å². The van der Waals surface area contributed by atoms with Gasteiger partial charge in [-0.15, -0.1) is 0 Å². The molecular formula is C12H17NO. The van der Waals surface area contributed by atoms with Gasteiger partial charge in [0.2, 0.25) is 0 Å². The second-order valence-electron chi connectivity index (χ2n) is 3.43. The summed E-state index contributed by atoms with van der Waals surface area (Å²) in [5.41, 5.74) is 2.04. The van der Waals surface area contributed by atoms with Gasteiger partial charge in [-0.1, -0.05) is 31.2 Å². The van der Waals surface area contributed by atoms with Gasteiger partial charge >= 0.3 is 0 Å². The SMILES string of the molecule is CCc1ccc(C(=O)[C@H](C)NC)cc1. The minimum Gasteiger partial charge on any atom is -0.310 e. The molecule has 2 nitrogen and oxygen atoms in total. The summed E-state index contributed by atoms with van der Waals surface area (Å²) in [6.07, 6.45) is 1.01. The van der Waals surface area contributed by atoms with Crippen molar-refractivity contribution in [2.24, 2.45) is 0 Å². The second kappa shape index (κ2) is 4.91. The van der Waals surface area contributed by atoms with Crippen molar-refractivity contribution in [3.8, 4) is 0 Å². The third kappa shape index (κ3) is 2.42. The molecule has 0 fully saturated rings. The maximum Gasteiger partial charge on any atom is 0.179 e. The minimum atomic E-state index is -0.109. The predicted molar refractivity (Wildman–Crippen MR) is 58.7 cm³/mol. The molecule has 14 heavy (non-hydrogen) atoms. The summed E-state index contributed by atoms with van der Waals surface area (Å²) in [5, 5.41) is 2.94. The molecule has 0 aromatic heterocycles. The van der Waals surface area contributed by atoms with Crippen molar-refractivity contribution in [2.45, 2.75) is 26.3 Å². The van der Waals surface area contributed by atoms with Gasteiger partial charge in [0.05, 0.1) is 6.04 Å². The van der Waals surface area contributed by atoms with Gasteiger partial charge in [0, 0.05) is 5.56 Å². The monoisotopic (exact) mass is 191 g/mol. The zero-order chi connectivity index (χ0) is 10.6. The molecule has 1 rings (SSSR count). The van der Waals surface area contributed by atoms with Crippen LogP contribution in [0.15, 0.2) is 24.3 Å². The van der Waals surface area contributed by atoms with Gasteiger partial charge in [0.25, 0.3) is 0 Å². The van der Waals surface area contributed by atoms with Crippen molar-refractivity contribution in [2.75, 3.05) is 7.05 Å². The molecule has 0 saturated heterocycles. The highest BCUT2D eigenvalue weighted by atomic mass is 16.1. The molecule has 1 aromatic rings. The van der Waals surface area contributed by atoms with Crippen molar-refractivity contribution in [3.63, 3.8) is 0 Å². The van der Waals surface area contributed by atoms with Crippen LogP contribution < -0.4 is 5.32 Å². The van der Waals surface area contributed by atoms with Crippen molar-refractivity contribution in [3.05, 3.63) is 35.4 Å². The van der Waals surface area contributed by atoms with Crippen molar-refractivity contribution in [1.29, 1.82) is 0 Å². The highest BCUT2D eigenvalue weighted by molar-refractivity contribution is 5.99. The van der Waals surface area contributed by atoms with E-state index in [9.17, 15) is 4.79 Å². The predicted octanol–water partition coefficient (Wildman–Crippen LogP) is 2.04. The molecule has 0 radical (unpaired) electrons. The fourth-order valence-electron chi connectivity index (χ4n) is 1.29. The number of likely N-dealkylation sites (N-methyl/N-ethyl adjacent to an activating group) is 1. The summed E-state index contributed by atoms with van der Waals surface area (Å²) < 4.78 is 0. The standard InChI is InChI=1S/C12H17NO/c1-4-10-5-7-11(8-6-10)12(14)9(2)13-3/h5-9,13H,4H2,1-3H3/t9-/m0/s1. The average Bonchev–Trinajstić information content (AvgIpc) is 2.27. The number of nitrogens with one attached hydrogen (secondary N) is 1. The largest absolute Gasteiger partial charge is 0.310 e. The summed E-state index contributed by atoms with van der Waals surface area (Å²) in [6, 6.07) is 7.71. The van der Waals surface area contributed by atoms with Crippen molar-refractivity contribution < 1.29 is 4.79 Å². The molecule has 0 unspecified atom stereocenters. The molecule has 0 spiro atoms. The van der Waals surface area contributed by atoms with Crippen LogP contribution in [-0.4, -0.2) is 18.9 Å². The number of ketones is 1. The summed E-state index contributed by atoms with van der Waals surface area (Å²) in [7, 11) is 1.79. The fraction of sp³-hybridized carbons (Fsp3) is 0.417. The van der Waals surface area contributed by atoms with E-state index >= 15 is 0 Å². The number of hydrogen-bond acceptors (Lipinski definition) is 2. The van der Waals surface area contributed by atoms with E-state index in [2.05, 4.69) is 12.2 Å². The lowest BCUT2D eigenvalue weighted by Gasteiger charge is -2.08. The molecule has 0 saturated carbocycles. The van der Waals surface area contributed by atoms with Crippen molar-refractivity contribution >= 4 is 5.78 Å². The van der Waals surface area contributed by atoms with Gasteiger partial charge in [0.15, 0.2) is 5.78 Å². The lowest BCUT2D eigenvalue weighted by molar-refractivity contribution is 0.0955. The van der Waals surface area contributed by atoms with E-state index in [1.54, 1.807) is 7.05 Å². The van der Waals surface area contributed by atoms with E-state index in [1.807, 2.05) is 31.2 Å². The zero-order valence-electron chi connectivity index (χ0n) is 9.00. The average molecular weight is 191 g/mol. The van der Waals surface area contributed by atoms with Gasteiger partial charge in [-0.3, -0.25) is 4.79 Å². The van der Waals surface area contributed by atoms with Crippen LogP contribution in [0.2, 0.25) is 0 Å². The molecule has 0 aliphatic rings. The Hall–Kier alpha value is -1.15. The normalized spacial score (nSPS) is 12.5. The Morgan fingerprint density at radius 3 is 2.36 bits per heavy atom. The number of Topliss-reactive ketones (excluding diaryl/α,β-unsaturated/α-hetero) is 1. The lowest BCUT2D eigenvalue weighted by Crippen LogP contribution is -2.30. The van der Waals surface area contributed by atoms with Gasteiger partial charge < -0.3 is 5.32 Å². The number of hydrogen-bond donors (Lipinski definition) is 1. The molecule has 2 heteroatoms. The number of aryl methyl sites for hydroxylation is 1. The van der Waals surface area contributed by atoms with E-state index in [0.717, 1.165) is 12.0 Å². The zero-order valence-corrected chi connectivity index (χ0v) is 9.00. The van der Waals surface area contributed by atoms with Crippen LogP contribution in [0.5, 0.6) is 0 Å². The highest BCUT2D eigenvalue weighted by Crippen LogP contribution is 2.07. The first-order chi connectivity index (χ1) is 6.69. The number of carbonyl (C=O) groups is 1. The third-order valence-corrected chi connectivity index (χ3v) is 2.47. The Bertz CT molecular complexity index is 303. The van der Waals surface area contributed by atoms with Crippen LogP contribution in [0.4, 0.5) is 0 Å². The minimum absolute atomic E-state index is 0.109. The maximum atomic E-state index is 11.7. The Balaban J connectivity index is 2.81. The first-order valence-corrected chi connectivity index (χ1v) is 4.99. The highest BCUT2D eigenvalue weighted by Gasteiger charge is 2.12. The Morgan fingerprint density at radius 2 is 1.93 bits per heavy atom. The van der Waals surface area contributed by atoms with Crippen LogP contribution in [0.25, 0.3) is 0 Å². The van der Waals surface area contributed by atoms with E-state index < -0.39 is 0 Å². The Kier molecular flexibility index (Phi) is 3.84. The molecular weight excluding hydrogens is 174 g/mol. The van der Waals surface area contributed by atoms with Crippen LogP contribution in [0.3, 0.4) is 0 Å². The summed E-state index contributed by atoms with van der Waals surface area (Å²) in [5.74, 6) is 0.148. The lowest BCUT2D eigenvalue weighted by atomic mass is 10.0. The second-order valence-corrected chi connectivity index (χ2v) is 3.43. The number of carbonyl (C=O) groups excluding carboxylic acids is 1. The van der Waals surface area contributed by atoms with E-state index in [1.165, 1.54) is 5.56 Å². The molecule has 76 valence electrons. The molecule has 1 aromatic carbocycles. The quantitative estimate of drug-likeness (QED) is 0.738. The van der Waals surface area contributed by atoms with Gasteiger partial charge in [-0.25, -0.2) is 0 Å². The molecule has 0 amide bonds. The Morgan fingerprint density at radius 1 is 1.36 bits per heavy atom. The van der Waals surface area contributed by atoms with Gasteiger partial charge in [-0.05, 0) is 26.0 Å². The van der Waals surface area contributed by atoms with Gasteiger partial charge in [0.1, 0.15) is 0 Å². The van der Waals surface area contributed by atoms with Gasteiger partial charge in [-0.2, -0.15) is 0 Å². The van der Waals surface area contributed by atoms with Crippen LogP contribution in [-0.2, 0) is 6.42 Å². The van der Waals surface area contributed by atoms with Crippen molar-refractivity contribution in [1.82, 2.24) is 5.32 Å². The fourth-order valence-corrected chi connectivity index (χ4v) is 1.29.